The summed E-state index contributed by atoms with van der Waals surface area (Å²) in [5.74, 6) is -1.76. The monoisotopic (exact) mass is 585 g/mol. The smallest absolute Gasteiger partial charge is 0.264 e. The number of carbonyl (C=O) groups excluding carboxylic acids is 2. The summed E-state index contributed by atoms with van der Waals surface area (Å²) in [6, 6.07) is 19.1. The van der Waals surface area contributed by atoms with Crippen LogP contribution in [-0.2, 0) is 26.2 Å². The van der Waals surface area contributed by atoms with Crippen molar-refractivity contribution in [3.05, 3.63) is 95.3 Å². The summed E-state index contributed by atoms with van der Waals surface area (Å²) in [7, 11) is -4.34. The molecule has 4 rings (SSSR count). The molecule has 1 atom stereocenters. The average Bonchev–Trinajstić information content (AvgIpc) is 3.46. The highest BCUT2D eigenvalue weighted by Crippen LogP contribution is 2.28. The number of benzene rings is 3. The molecular formula is C30H33ClFN3O4S. The van der Waals surface area contributed by atoms with Crippen LogP contribution < -0.4 is 9.62 Å². The second kappa shape index (κ2) is 13.3. The van der Waals surface area contributed by atoms with Crippen LogP contribution in [0.2, 0.25) is 5.02 Å². The number of nitrogens with one attached hydrogen (secondary N) is 1. The Labute approximate surface area is 240 Å². The van der Waals surface area contributed by atoms with Crippen molar-refractivity contribution >= 4 is 39.1 Å². The zero-order valence-electron chi connectivity index (χ0n) is 22.3. The Balaban J connectivity index is 1.72. The topological polar surface area (TPSA) is 86.8 Å². The van der Waals surface area contributed by atoms with Gasteiger partial charge >= 0.3 is 0 Å². The number of anilines is 1. The summed E-state index contributed by atoms with van der Waals surface area (Å²) >= 11 is 6.42. The first kappa shape index (κ1) is 29.6. The van der Waals surface area contributed by atoms with Crippen molar-refractivity contribution in [2.45, 2.75) is 62.6 Å². The van der Waals surface area contributed by atoms with Crippen molar-refractivity contribution < 1.29 is 22.4 Å². The molecule has 1 N–H and O–H groups in total. The van der Waals surface area contributed by atoms with Crippen LogP contribution in [0.15, 0.2) is 83.8 Å². The molecule has 1 aliphatic rings. The lowest BCUT2D eigenvalue weighted by molar-refractivity contribution is -0.140. The summed E-state index contributed by atoms with van der Waals surface area (Å²) in [5, 5.41) is 3.47. The number of hydrogen-bond acceptors (Lipinski definition) is 4. The van der Waals surface area contributed by atoms with Gasteiger partial charge in [0.05, 0.1) is 10.6 Å². The van der Waals surface area contributed by atoms with E-state index in [1.54, 1.807) is 49.4 Å². The van der Waals surface area contributed by atoms with Gasteiger partial charge in [0.1, 0.15) is 18.4 Å². The third-order valence-corrected chi connectivity index (χ3v) is 9.26. The fraction of sp³-hybridized carbons (Fsp3) is 0.333. The summed E-state index contributed by atoms with van der Waals surface area (Å²) in [4.78, 5) is 28.8. The van der Waals surface area contributed by atoms with Crippen molar-refractivity contribution in [3.8, 4) is 0 Å². The van der Waals surface area contributed by atoms with E-state index in [4.69, 9.17) is 11.6 Å². The lowest BCUT2D eigenvalue weighted by Crippen LogP contribution is -2.53. The Morgan fingerprint density at radius 2 is 1.60 bits per heavy atom. The zero-order valence-corrected chi connectivity index (χ0v) is 23.9. The van der Waals surface area contributed by atoms with E-state index in [0.29, 0.717) is 17.0 Å². The molecule has 1 aliphatic carbocycles. The highest BCUT2D eigenvalue weighted by Gasteiger charge is 2.35. The molecule has 2 amide bonds. The fourth-order valence-electron chi connectivity index (χ4n) is 4.98. The number of para-hydroxylation sites is 1. The van der Waals surface area contributed by atoms with E-state index in [1.807, 2.05) is 0 Å². The van der Waals surface area contributed by atoms with Crippen LogP contribution in [0.3, 0.4) is 0 Å². The maximum Gasteiger partial charge on any atom is 0.264 e. The maximum absolute atomic E-state index is 15.0. The molecule has 0 heterocycles. The third-order valence-electron chi connectivity index (χ3n) is 7.12. The summed E-state index contributed by atoms with van der Waals surface area (Å²) < 4.78 is 43.3. The fourth-order valence-corrected chi connectivity index (χ4v) is 6.62. The average molecular weight is 586 g/mol. The number of amides is 2. The molecule has 3 aromatic carbocycles. The lowest BCUT2D eigenvalue weighted by atomic mass is 10.1. The normalized spacial score (nSPS) is 14.5. The van der Waals surface area contributed by atoms with E-state index < -0.39 is 34.3 Å². The first-order valence-electron chi connectivity index (χ1n) is 13.4. The zero-order chi connectivity index (χ0) is 28.7. The van der Waals surface area contributed by atoms with Gasteiger partial charge in [0.15, 0.2) is 0 Å². The molecule has 0 radical (unpaired) electrons. The van der Waals surface area contributed by atoms with E-state index >= 15 is 4.39 Å². The minimum Gasteiger partial charge on any atom is -0.352 e. The van der Waals surface area contributed by atoms with Crippen molar-refractivity contribution in [2.75, 3.05) is 10.8 Å². The molecule has 212 valence electrons. The molecule has 0 unspecified atom stereocenters. The van der Waals surface area contributed by atoms with Gasteiger partial charge in [-0.25, -0.2) is 12.8 Å². The molecule has 0 aliphatic heterocycles. The van der Waals surface area contributed by atoms with Crippen molar-refractivity contribution in [1.29, 1.82) is 0 Å². The molecule has 40 heavy (non-hydrogen) atoms. The van der Waals surface area contributed by atoms with Crippen molar-refractivity contribution in [1.82, 2.24) is 10.2 Å². The maximum atomic E-state index is 15.0. The van der Waals surface area contributed by atoms with Crippen LogP contribution in [0.4, 0.5) is 10.1 Å². The standard InChI is InChI=1S/C30H33ClFN3O4S/c1-2-27(30(37)33-23-13-7-8-14-23)34(20-22-12-6-9-17-25(22)31)29(36)21-35(28-19-11-10-18-26(28)32)40(38,39)24-15-4-3-5-16-24/h3-6,9-12,15-19,23,27H,2,7-8,13-14,20-21H2,1H3,(H,33,37)/t27-/m1/s1. The highest BCUT2D eigenvalue weighted by atomic mass is 35.5. The molecule has 0 saturated heterocycles. The molecule has 0 bridgehead atoms. The van der Waals surface area contributed by atoms with Gasteiger partial charge in [-0.2, -0.15) is 0 Å². The van der Waals surface area contributed by atoms with Gasteiger partial charge in [-0.05, 0) is 55.2 Å². The van der Waals surface area contributed by atoms with Gasteiger partial charge < -0.3 is 10.2 Å². The summed E-state index contributed by atoms with van der Waals surface area (Å²) in [6.07, 6.45) is 4.09. The highest BCUT2D eigenvalue weighted by molar-refractivity contribution is 7.92. The Morgan fingerprint density at radius 3 is 2.25 bits per heavy atom. The van der Waals surface area contributed by atoms with Gasteiger partial charge in [-0.3, -0.25) is 13.9 Å². The van der Waals surface area contributed by atoms with Crippen molar-refractivity contribution in [3.63, 3.8) is 0 Å². The predicted octanol–water partition coefficient (Wildman–Crippen LogP) is 5.54. The first-order chi connectivity index (χ1) is 19.2. The molecule has 1 saturated carbocycles. The number of hydrogen-bond donors (Lipinski definition) is 1. The van der Waals surface area contributed by atoms with Gasteiger partial charge in [-0.1, -0.05) is 79.9 Å². The van der Waals surface area contributed by atoms with Crippen LogP contribution in [0, 0.1) is 5.82 Å². The minimum absolute atomic E-state index is 0.0222. The van der Waals surface area contributed by atoms with E-state index in [0.717, 1.165) is 36.1 Å². The Hall–Kier alpha value is -3.43. The van der Waals surface area contributed by atoms with Gasteiger partial charge in [0.25, 0.3) is 10.0 Å². The second-order valence-electron chi connectivity index (χ2n) is 9.80. The second-order valence-corrected chi connectivity index (χ2v) is 12.1. The van der Waals surface area contributed by atoms with E-state index in [2.05, 4.69) is 5.32 Å². The molecule has 3 aromatic rings. The molecule has 10 heteroatoms. The van der Waals surface area contributed by atoms with E-state index in [-0.39, 0.29) is 29.1 Å². The van der Waals surface area contributed by atoms with E-state index in [9.17, 15) is 18.0 Å². The van der Waals surface area contributed by atoms with Gasteiger partial charge in [0, 0.05) is 17.6 Å². The molecule has 0 aromatic heterocycles. The molecular weight excluding hydrogens is 553 g/mol. The minimum atomic E-state index is -4.34. The number of sulfonamides is 1. The lowest BCUT2D eigenvalue weighted by Gasteiger charge is -2.34. The number of carbonyl (C=O) groups is 2. The van der Waals surface area contributed by atoms with Gasteiger partial charge in [0.2, 0.25) is 11.8 Å². The van der Waals surface area contributed by atoms with Crippen LogP contribution in [0.1, 0.15) is 44.6 Å². The quantitative estimate of drug-likeness (QED) is 0.320. The third kappa shape index (κ3) is 6.82. The number of halogens is 2. The summed E-state index contributed by atoms with van der Waals surface area (Å²) in [6.45, 7) is 1.06. The Morgan fingerprint density at radius 1 is 0.975 bits per heavy atom. The SMILES string of the molecule is CC[C@H](C(=O)NC1CCCC1)N(Cc1ccccc1Cl)C(=O)CN(c1ccccc1F)S(=O)(=O)c1ccccc1. The van der Waals surface area contributed by atoms with Crippen molar-refractivity contribution in [2.24, 2.45) is 0 Å². The molecule has 7 nitrogen and oxygen atoms in total. The van der Waals surface area contributed by atoms with Crippen LogP contribution in [-0.4, -0.2) is 43.8 Å². The Kier molecular flexibility index (Phi) is 9.81. The van der Waals surface area contributed by atoms with E-state index in [1.165, 1.54) is 35.2 Å². The van der Waals surface area contributed by atoms with Crippen LogP contribution in [0.5, 0.6) is 0 Å². The first-order valence-corrected chi connectivity index (χ1v) is 15.2. The molecule has 0 spiro atoms. The van der Waals surface area contributed by atoms with Gasteiger partial charge in [-0.15, -0.1) is 0 Å². The van der Waals surface area contributed by atoms with Crippen LogP contribution in [0.25, 0.3) is 0 Å². The summed E-state index contributed by atoms with van der Waals surface area (Å²) in [5.41, 5.74) is 0.342. The molecule has 1 fully saturated rings. The Bertz CT molecular complexity index is 1430. The largest absolute Gasteiger partial charge is 0.352 e. The number of nitrogens with zero attached hydrogens (tertiary/aromatic N) is 2. The van der Waals surface area contributed by atoms with Crippen LogP contribution >= 0.6 is 11.6 Å². The number of rotatable bonds is 11. The predicted molar refractivity (Wildman–Crippen MR) is 154 cm³/mol.